The zero-order valence-corrected chi connectivity index (χ0v) is 22.0. The third-order valence-electron chi connectivity index (χ3n) is 6.82. The van der Waals surface area contributed by atoms with Crippen molar-refractivity contribution in [1.82, 2.24) is 9.58 Å². The number of amides is 1. The van der Waals surface area contributed by atoms with Gasteiger partial charge < -0.3 is 4.57 Å². The number of hydrazone groups is 1. The Bertz CT molecular complexity index is 1480. The van der Waals surface area contributed by atoms with Gasteiger partial charge in [-0.05, 0) is 86.3 Å². The third kappa shape index (κ3) is 4.24. The highest BCUT2D eigenvalue weighted by Gasteiger charge is 2.36. The number of amidine groups is 2. The van der Waals surface area contributed by atoms with Crippen molar-refractivity contribution in [2.75, 3.05) is 0 Å². The number of hydrogen-bond acceptors (Lipinski definition) is 4. The quantitative estimate of drug-likeness (QED) is 0.406. The van der Waals surface area contributed by atoms with E-state index in [-0.39, 0.29) is 11.4 Å². The first-order chi connectivity index (χ1) is 17.3. The monoisotopic (exact) mass is 495 g/mol. The minimum atomic E-state index is -0.415. The molecule has 2 aliphatic rings. The van der Waals surface area contributed by atoms with Crippen LogP contribution in [0.1, 0.15) is 59.8 Å². The molecule has 1 N–H and O–H groups in total. The number of nitrogens with one attached hydrogen (secondary N) is 1. The van der Waals surface area contributed by atoms with Crippen LogP contribution < -0.4 is 0 Å². The predicted molar refractivity (Wildman–Crippen MR) is 149 cm³/mol. The van der Waals surface area contributed by atoms with Crippen LogP contribution >= 0.6 is 11.8 Å². The molecule has 0 aliphatic carbocycles. The molecule has 3 heterocycles. The van der Waals surface area contributed by atoms with Crippen LogP contribution in [-0.4, -0.2) is 31.5 Å². The second kappa shape index (κ2) is 9.39. The molecule has 2 aromatic carbocycles. The summed E-state index contributed by atoms with van der Waals surface area (Å²) in [6.45, 7) is 10.6. The molecule has 0 bridgehead atoms. The Morgan fingerprint density at radius 1 is 1.08 bits per heavy atom. The average Bonchev–Trinajstić information content (AvgIpc) is 3.41. The molecule has 182 valence electrons. The number of hydrogen-bond donors (Lipinski definition) is 1. The van der Waals surface area contributed by atoms with E-state index in [1.165, 1.54) is 22.3 Å². The van der Waals surface area contributed by atoms with Crippen molar-refractivity contribution < 1.29 is 4.79 Å². The molecule has 0 saturated heterocycles. The Hall–Kier alpha value is -3.71. The second-order valence-corrected chi connectivity index (χ2v) is 10.3. The smallest absolute Gasteiger partial charge is 0.283 e. The number of thioether (sulfide) groups is 1. The molecule has 0 spiro atoms. The molecule has 3 aromatic rings. The summed E-state index contributed by atoms with van der Waals surface area (Å²) in [6.07, 6.45) is 2.87. The van der Waals surface area contributed by atoms with Crippen molar-refractivity contribution in [1.29, 1.82) is 5.41 Å². The highest BCUT2D eigenvalue weighted by atomic mass is 32.2. The summed E-state index contributed by atoms with van der Waals surface area (Å²) in [5.41, 5.74) is 7.67. The molecule has 2 aliphatic heterocycles. The van der Waals surface area contributed by atoms with Crippen molar-refractivity contribution in [2.45, 2.75) is 47.0 Å². The van der Waals surface area contributed by atoms with Gasteiger partial charge in [0.2, 0.25) is 5.17 Å². The molecule has 0 saturated carbocycles. The van der Waals surface area contributed by atoms with E-state index in [1.54, 1.807) is 6.08 Å². The van der Waals surface area contributed by atoms with Crippen LogP contribution in [0.5, 0.6) is 0 Å². The van der Waals surface area contributed by atoms with Crippen LogP contribution in [0.4, 0.5) is 0 Å². The fourth-order valence-corrected chi connectivity index (χ4v) is 5.45. The second-order valence-electron chi connectivity index (χ2n) is 9.36. The first-order valence-corrected chi connectivity index (χ1v) is 12.9. The molecule has 7 heteroatoms. The van der Waals surface area contributed by atoms with Gasteiger partial charge in [0.25, 0.3) is 5.91 Å². The van der Waals surface area contributed by atoms with Crippen molar-refractivity contribution >= 4 is 39.8 Å². The zero-order chi connectivity index (χ0) is 25.6. The van der Waals surface area contributed by atoms with Gasteiger partial charge in [0.15, 0.2) is 5.84 Å². The zero-order valence-electron chi connectivity index (χ0n) is 21.2. The highest BCUT2D eigenvalue weighted by molar-refractivity contribution is 8.27. The summed E-state index contributed by atoms with van der Waals surface area (Å²) < 4.78 is 2.18. The van der Waals surface area contributed by atoms with E-state index in [9.17, 15) is 4.79 Å². The normalized spacial score (nSPS) is 17.4. The van der Waals surface area contributed by atoms with Crippen LogP contribution in [-0.2, 0) is 4.79 Å². The van der Waals surface area contributed by atoms with Crippen LogP contribution in [0.3, 0.4) is 0 Å². The summed E-state index contributed by atoms with van der Waals surface area (Å²) in [6, 6.07) is 18.7. The minimum absolute atomic E-state index is 0.0443. The number of aryl methyl sites for hydroxylation is 2. The van der Waals surface area contributed by atoms with Gasteiger partial charge in [0.1, 0.15) is 5.04 Å². The summed E-state index contributed by atoms with van der Waals surface area (Å²) >= 11 is 1.32. The highest BCUT2D eigenvalue weighted by Crippen LogP contribution is 2.32. The van der Waals surface area contributed by atoms with E-state index >= 15 is 0 Å². The Labute approximate surface area is 215 Å². The standard InChI is InChI=1S/C29H29N5OS/c1-6-18(3)21-10-12-24(13-11-21)33-19(4)15-23(20(33)5)16-25-26(30)34-29(31-27(25)35)36-28(32-34)22-9-7-8-17(2)14-22/h7-16,18,30H,6H2,1-5H3/b25-16+,30-26?/t18-/m1/s1. The van der Waals surface area contributed by atoms with Gasteiger partial charge in [-0.25, -0.2) is 0 Å². The molecule has 1 aromatic heterocycles. The van der Waals surface area contributed by atoms with Gasteiger partial charge in [-0.1, -0.05) is 49.7 Å². The number of aliphatic imine (C=N–C) groups is 1. The average molecular weight is 496 g/mol. The number of fused-ring (bicyclic) bond motifs is 1. The Morgan fingerprint density at radius 3 is 2.53 bits per heavy atom. The number of carbonyl (C=O) groups is 1. The molecule has 0 unspecified atom stereocenters. The van der Waals surface area contributed by atoms with Gasteiger partial charge in [-0.3, -0.25) is 10.2 Å². The van der Waals surface area contributed by atoms with E-state index < -0.39 is 5.91 Å². The number of aromatic nitrogens is 1. The first-order valence-electron chi connectivity index (χ1n) is 12.1. The Morgan fingerprint density at radius 2 is 1.83 bits per heavy atom. The topological polar surface area (TPSA) is 73.8 Å². The van der Waals surface area contributed by atoms with Crippen molar-refractivity contribution in [2.24, 2.45) is 10.1 Å². The lowest BCUT2D eigenvalue weighted by Crippen LogP contribution is -2.35. The summed E-state index contributed by atoms with van der Waals surface area (Å²) in [4.78, 5) is 17.2. The molecule has 1 atom stereocenters. The largest absolute Gasteiger partial charge is 0.318 e. The van der Waals surface area contributed by atoms with Crippen LogP contribution in [0.15, 0.2) is 70.3 Å². The molecule has 6 nitrogen and oxygen atoms in total. The summed E-state index contributed by atoms with van der Waals surface area (Å²) in [5.74, 6) is 0.155. The van der Waals surface area contributed by atoms with Crippen LogP contribution in [0.25, 0.3) is 11.8 Å². The fraction of sp³-hybridized carbons (Fsp3) is 0.241. The lowest BCUT2D eigenvalue weighted by Gasteiger charge is -2.20. The van der Waals surface area contributed by atoms with Gasteiger partial charge in [0, 0.05) is 22.6 Å². The van der Waals surface area contributed by atoms with Crippen molar-refractivity contribution in [3.05, 3.63) is 93.8 Å². The SMILES string of the molecule is CC[C@@H](C)c1ccc(-n2c(C)cc(/C=C3\C(=N)N4N=C(c5cccc(C)c5)SC4=NC3=O)c2C)cc1. The van der Waals surface area contributed by atoms with Crippen molar-refractivity contribution in [3.63, 3.8) is 0 Å². The lowest BCUT2D eigenvalue weighted by molar-refractivity contribution is -0.114. The molecule has 5 rings (SSSR count). The van der Waals surface area contributed by atoms with E-state index in [2.05, 4.69) is 59.7 Å². The molecular weight excluding hydrogens is 466 g/mol. The van der Waals surface area contributed by atoms with Gasteiger partial charge in [-0.15, -0.1) is 0 Å². The fourth-order valence-electron chi connectivity index (χ4n) is 4.56. The maximum Gasteiger partial charge on any atom is 0.283 e. The van der Waals surface area contributed by atoms with Gasteiger partial charge in [0.05, 0.1) is 5.57 Å². The predicted octanol–water partition coefficient (Wildman–Crippen LogP) is 6.58. The molecule has 1 amide bonds. The minimum Gasteiger partial charge on any atom is -0.318 e. The number of rotatable bonds is 5. The Kier molecular flexibility index (Phi) is 6.26. The maximum absolute atomic E-state index is 13.0. The van der Waals surface area contributed by atoms with Crippen molar-refractivity contribution in [3.8, 4) is 5.69 Å². The van der Waals surface area contributed by atoms with Gasteiger partial charge >= 0.3 is 0 Å². The van der Waals surface area contributed by atoms with Gasteiger partial charge in [-0.2, -0.15) is 15.1 Å². The molecule has 0 fully saturated rings. The van der Waals surface area contributed by atoms with E-state index in [0.717, 1.165) is 45.2 Å². The molecule has 36 heavy (non-hydrogen) atoms. The van der Waals surface area contributed by atoms with E-state index in [0.29, 0.717) is 11.1 Å². The maximum atomic E-state index is 13.0. The van der Waals surface area contributed by atoms with E-state index in [1.807, 2.05) is 44.2 Å². The summed E-state index contributed by atoms with van der Waals surface area (Å²) in [5, 5.41) is 16.0. The first kappa shape index (κ1) is 24.0. The van der Waals surface area contributed by atoms with Crippen LogP contribution in [0.2, 0.25) is 0 Å². The van der Waals surface area contributed by atoms with Crippen LogP contribution in [0, 0.1) is 26.2 Å². The number of benzene rings is 2. The number of nitrogens with zero attached hydrogens (tertiary/aromatic N) is 4. The summed E-state index contributed by atoms with van der Waals surface area (Å²) in [7, 11) is 0. The number of carbonyl (C=O) groups excluding carboxylic acids is 1. The molecular formula is C29H29N5OS. The third-order valence-corrected chi connectivity index (χ3v) is 7.78. The molecule has 0 radical (unpaired) electrons. The Balaban J connectivity index is 1.47. The van der Waals surface area contributed by atoms with E-state index in [4.69, 9.17) is 5.41 Å². The lowest BCUT2D eigenvalue weighted by atomic mass is 9.98.